The Morgan fingerprint density at radius 2 is 2.22 bits per heavy atom. The lowest BCUT2D eigenvalue weighted by atomic mass is 9.96. The van der Waals surface area contributed by atoms with Crippen LogP contribution in [0.3, 0.4) is 0 Å². The molecule has 1 aromatic carbocycles. The number of carbonyl (C=O) groups excluding carboxylic acids is 1. The number of piperidine rings is 1. The Labute approximate surface area is 164 Å². The van der Waals surface area contributed by atoms with Crippen LogP contribution in [0.4, 0.5) is 0 Å². The number of hydrogen-bond donors (Lipinski definition) is 1. The van der Waals surface area contributed by atoms with Crippen LogP contribution in [0.1, 0.15) is 49.4 Å². The van der Waals surface area contributed by atoms with E-state index in [1.807, 2.05) is 27.7 Å². The zero-order chi connectivity index (χ0) is 19.0. The van der Waals surface area contributed by atoms with Gasteiger partial charge >= 0.3 is 0 Å². The molecule has 2 heterocycles. The van der Waals surface area contributed by atoms with Crippen LogP contribution in [0.5, 0.6) is 5.75 Å². The van der Waals surface area contributed by atoms with Gasteiger partial charge in [0.2, 0.25) is 5.91 Å². The molecule has 1 aromatic heterocycles. The van der Waals surface area contributed by atoms with E-state index in [4.69, 9.17) is 17.0 Å². The molecule has 3 atom stereocenters. The third-order valence-electron chi connectivity index (χ3n) is 5.85. The van der Waals surface area contributed by atoms with Gasteiger partial charge in [-0.2, -0.15) is 5.10 Å². The summed E-state index contributed by atoms with van der Waals surface area (Å²) in [5, 5.41) is 7.35. The summed E-state index contributed by atoms with van der Waals surface area (Å²) in [6.45, 7) is 4.44. The fourth-order valence-electron chi connectivity index (χ4n) is 4.35. The minimum atomic E-state index is 0.0760. The molecule has 0 radical (unpaired) electrons. The molecule has 1 N–H and O–H groups in total. The quantitative estimate of drug-likeness (QED) is 0.799. The zero-order valence-corrected chi connectivity index (χ0v) is 16.7. The summed E-state index contributed by atoms with van der Waals surface area (Å²) in [5.41, 5.74) is 1.15. The Morgan fingerprint density at radius 3 is 3.00 bits per heavy atom. The van der Waals surface area contributed by atoms with Crippen molar-refractivity contribution in [2.75, 3.05) is 20.2 Å². The number of rotatable bonds is 5. The maximum Gasteiger partial charge on any atom is 0.226 e. The van der Waals surface area contributed by atoms with Crippen molar-refractivity contribution in [3.05, 3.63) is 40.4 Å². The summed E-state index contributed by atoms with van der Waals surface area (Å²) in [6, 6.07) is 8.04. The monoisotopic (exact) mass is 386 g/mol. The molecule has 1 aliphatic heterocycles. The van der Waals surface area contributed by atoms with Crippen molar-refractivity contribution in [2.24, 2.45) is 5.92 Å². The standard InChI is InChI=1S/C20H26N4O2S/c1-3-24-18(21-22-20(24)27)13-7-6-10-23(12-13)19(25)16-11-15(16)14-8-4-5-9-17(14)26-2/h4-5,8-9,13,15-16H,3,6-7,10-12H2,1-2H3,(H,22,27). The van der Waals surface area contributed by atoms with Crippen LogP contribution in [0.2, 0.25) is 0 Å². The number of amides is 1. The van der Waals surface area contributed by atoms with Crippen molar-refractivity contribution in [2.45, 2.75) is 44.6 Å². The number of para-hydroxylation sites is 1. The first-order valence-corrected chi connectivity index (χ1v) is 10.1. The predicted octanol–water partition coefficient (Wildman–Crippen LogP) is 3.48. The number of aromatic nitrogens is 3. The molecule has 1 saturated heterocycles. The van der Waals surface area contributed by atoms with Crippen LogP contribution < -0.4 is 4.74 Å². The van der Waals surface area contributed by atoms with Gasteiger partial charge < -0.3 is 14.2 Å². The third kappa shape index (κ3) is 3.40. The number of hydrogen-bond acceptors (Lipinski definition) is 4. The molecule has 1 saturated carbocycles. The topological polar surface area (TPSA) is 63.1 Å². The summed E-state index contributed by atoms with van der Waals surface area (Å²) in [5.74, 6) is 2.74. The molecule has 2 aromatic rings. The van der Waals surface area contributed by atoms with Crippen LogP contribution in [0, 0.1) is 10.7 Å². The second-order valence-corrected chi connectivity index (χ2v) is 7.83. The Kier molecular flexibility index (Phi) is 5.04. The molecule has 27 heavy (non-hydrogen) atoms. The highest BCUT2D eigenvalue weighted by Crippen LogP contribution is 2.51. The van der Waals surface area contributed by atoms with Gasteiger partial charge in [-0.1, -0.05) is 18.2 Å². The Hall–Kier alpha value is -2.15. The highest BCUT2D eigenvalue weighted by molar-refractivity contribution is 7.71. The predicted molar refractivity (Wildman–Crippen MR) is 105 cm³/mol. The molecule has 3 unspecified atom stereocenters. The molecular formula is C20H26N4O2S. The van der Waals surface area contributed by atoms with E-state index >= 15 is 0 Å². The number of methoxy groups -OCH3 is 1. The van der Waals surface area contributed by atoms with Crippen LogP contribution in [-0.4, -0.2) is 45.8 Å². The average molecular weight is 387 g/mol. The summed E-state index contributed by atoms with van der Waals surface area (Å²) in [7, 11) is 1.69. The number of benzene rings is 1. The van der Waals surface area contributed by atoms with Gasteiger partial charge in [0.15, 0.2) is 4.77 Å². The normalized spacial score (nSPS) is 24.7. The molecule has 6 nitrogen and oxygen atoms in total. The zero-order valence-electron chi connectivity index (χ0n) is 15.9. The molecule has 1 amide bonds. The van der Waals surface area contributed by atoms with E-state index in [2.05, 4.69) is 23.2 Å². The second-order valence-electron chi connectivity index (χ2n) is 7.45. The lowest BCUT2D eigenvalue weighted by Gasteiger charge is -2.32. The summed E-state index contributed by atoms with van der Waals surface area (Å²) in [4.78, 5) is 15.1. The number of nitrogens with zero attached hydrogens (tertiary/aromatic N) is 3. The molecule has 1 aliphatic carbocycles. The third-order valence-corrected chi connectivity index (χ3v) is 6.16. The minimum absolute atomic E-state index is 0.0760. The first-order chi connectivity index (χ1) is 13.1. The van der Waals surface area contributed by atoms with Crippen LogP contribution >= 0.6 is 12.2 Å². The molecule has 0 spiro atoms. The van der Waals surface area contributed by atoms with Gasteiger partial charge in [-0.3, -0.25) is 9.89 Å². The van der Waals surface area contributed by atoms with E-state index in [1.54, 1.807) is 7.11 Å². The molecule has 0 bridgehead atoms. The molecule has 2 fully saturated rings. The van der Waals surface area contributed by atoms with Gasteiger partial charge in [-0.25, -0.2) is 0 Å². The number of H-pyrrole nitrogens is 1. The molecule has 2 aliphatic rings. The summed E-state index contributed by atoms with van der Waals surface area (Å²) in [6.07, 6.45) is 2.96. The van der Waals surface area contributed by atoms with E-state index in [9.17, 15) is 4.79 Å². The number of nitrogens with one attached hydrogen (secondary N) is 1. The van der Waals surface area contributed by atoms with Crippen molar-refractivity contribution >= 4 is 18.1 Å². The second kappa shape index (κ2) is 7.46. The van der Waals surface area contributed by atoms with Crippen LogP contribution in [0.15, 0.2) is 24.3 Å². The Balaban J connectivity index is 1.46. The van der Waals surface area contributed by atoms with Crippen molar-refractivity contribution < 1.29 is 9.53 Å². The van der Waals surface area contributed by atoms with Gasteiger partial charge in [-0.05, 0) is 56.0 Å². The first kappa shape index (κ1) is 18.2. The lowest BCUT2D eigenvalue weighted by Crippen LogP contribution is -2.40. The van der Waals surface area contributed by atoms with Crippen LogP contribution in [0.25, 0.3) is 0 Å². The number of likely N-dealkylation sites (tertiary alicyclic amines) is 1. The molecular weight excluding hydrogens is 360 g/mol. The molecule has 4 rings (SSSR count). The highest BCUT2D eigenvalue weighted by atomic mass is 32.1. The minimum Gasteiger partial charge on any atom is -0.496 e. The fraction of sp³-hybridized carbons (Fsp3) is 0.550. The maximum atomic E-state index is 13.1. The Bertz CT molecular complexity index is 890. The average Bonchev–Trinajstić information content (AvgIpc) is 3.42. The lowest BCUT2D eigenvalue weighted by molar-refractivity contribution is -0.133. The summed E-state index contributed by atoms with van der Waals surface area (Å²) < 4.78 is 8.18. The SMILES string of the molecule is CCn1c(C2CCCN(C(=O)C3CC3c3ccccc3OC)C2)n[nH]c1=S. The largest absolute Gasteiger partial charge is 0.496 e. The van der Waals surface area contributed by atoms with Crippen molar-refractivity contribution in [1.29, 1.82) is 0 Å². The summed E-state index contributed by atoms with van der Waals surface area (Å²) >= 11 is 5.32. The Morgan fingerprint density at radius 1 is 1.41 bits per heavy atom. The van der Waals surface area contributed by atoms with E-state index in [-0.39, 0.29) is 23.7 Å². The van der Waals surface area contributed by atoms with Gasteiger partial charge in [0.25, 0.3) is 0 Å². The van der Waals surface area contributed by atoms with Crippen LogP contribution in [-0.2, 0) is 11.3 Å². The van der Waals surface area contributed by atoms with Gasteiger partial charge in [-0.15, -0.1) is 0 Å². The van der Waals surface area contributed by atoms with E-state index in [0.717, 1.165) is 56.0 Å². The van der Waals surface area contributed by atoms with E-state index < -0.39 is 0 Å². The first-order valence-electron chi connectivity index (χ1n) is 9.70. The smallest absolute Gasteiger partial charge is 0.226 e. The number of ether oxygens (including phenoxy) is 1. The number of aromatic amines is 1. The molecule has 144 valence electrons. The molecule has 7 heteroatoms. The van der Waals surface area contributed by atoms with Crippen molar-refractivity contribution in [3.8, 4) is 5.75 Å². The highest BCUT2D eigenvalue weighted by Gasteiger charge is 2.47. The van der Waals surface area contributed by atoms with Gasteiger partial charge in [0.1, 0.15) is 11.6 Å². The maximum absolute atomic E-state index is 13.1. The van der Waals surface area contributed by atoms with Crippen molar-refractivity contribution in [3.63, 3.8) is 0 Å². The van der Waals surface area contributed by atoms with E-state index in [0.29, 0.717) is 4.77 Å². The number of carbonyl (C=O) groups is 1. The van der Waals surface area contributed by atoms with E-state index in [1.165, 1.54) is 0 Å². The fourth-order valence-corrected chi connectivity index (χ4v) is 4.62. The van der Waals surface area contributed by atoms with Crippen molar-refractivity contribution in [1.82, 2.24) is 19.7 Å². The van der Waals surface area contributed by atoms with Gasteiger partial charge in [0, 0.05) is 31.5 Å². The van der Waals surface area contributed by atoms with Gasteiger partial charge in [0.05, 0.1) is 7.11 Å².